The zero-order valence-electron chi connectivity index (χ0n) is 17.0. The molecule has 9 bridgehead atoms. The number of aliphatic hydroxyl groups excluding tert-OH is 1. The average Bonchev–Trinajstić information content (AvgIpc) is 3.08. The third kappa shape index (κ3) is 1.34. The summed E-state index contributed by atoms with van der Waals surface area (Å²) in [5.74, 6) is 0.339. The topological polar surface area (TPSA) is 82.4 Å². The van der Waals surface area contributed by atoms with Gasteiger partial charge in [0, 0.05) is 36.2 Å². The van der Waals surface area contributed by atoms with Gasteiger partial charge >= 0.3 is 0 Å². The Morgan fingerprint density at radius 2 is 2.00 bits per heavy atom. The molecule has 13 atom stereocenters. The third-order valence-electron chi connectivity index (χ3n) is 11.2. The highest BCUT2D eigenvalue weighted by Gasteiger charge is 2.91. The fraction of sp³-hybridized carbons (Fsp3) is 1.00. The minimum Gasteiger partial charge on any atom is -0.392 e. The first-order valence-corrected chi connectivity index (χ1v) is 11.4. The van der Waals surface area contributed by atoms with E-state index in [1.807, 2.05) is 0 Å². The lowest BCUT2D eigenvalue weighted by molar-refractivity contribution is -0.403. The Balaban J connectivity index is 1.53. The molecule has 4 saturated heterocycles. The van der Waals surface area contributed by atoms with E-state index in [9.17, 15) is 15.3 Å². The van der Waals surface area contributed by atoms with Gasteiger partial charge in [0.1, 0.15) is 17.4 Å². The third-order valence-corrected chi connectivity index (χ3v) is 11.2. The van der Waals surface area contributed by atoms with Crippen LogP contribution in [0, 0.1) is 34.5 Å². The van der Waals surface area contributed by atoms with E-state index >= 15 is 0 Å². The molecule has 0 aromatic carbocycles. The Kier molecular flexibility index (Phi) is 2.90. The van der Waals surface area contributed by atoms with Crippen LogP contribution in [0.15, 0.2) is 0 Å². The van der Waals surface area contributed by atoms with Crippen LogP contribution in [0.2, 0.25) is 0 Å². The Labute approximate surface area is 166 Å². The van der Waals surface area contributed by atoms with Crippen molar-refractivity contribution in [3.8, 4) is 0 Å². The van der Waals surface area contributed by atoms with Gasteiger partial charge in [0.05, 0.1) is 24.4 Å². The maximum absolute atomic E-state index is 12.4. The molecule has 28 heavy (non-hydrogen) atoms. The smallest absolute Gasteiger partial charge is 0.117 e. The van der Waals surface area contributed by atoms with Crippen molar-refractivity contribution in [1.29, 1.82) is 0 Å². The minimum atomic E-state index is -1.29. The number of nitrogens with zero attached hydrogens (tertiary/aromatic N) is 1. The Morgan fingerprint density at radius 1 is 1.21 bits per heavy atom. The normalized spacial score (nSPS) is 70.7. The Bertz CT molecular complexity index is 763. The summed E-state index contributed by atoms with van der Waals surface area (Å²) in [4.78, 5) is 2.40. The van der Waals surface area contributed by atoms with E-state index in [0.29, 0.717) is 18.8 Å². The van der Waals surface area contributed by atoms with Gasteiger partial charge < -0.3 is 24.8 Å². The predicted molar refractivity (Wildman–Crippen MR) is 99.1 cm³/mol. The van der Waals surface area contributed by atoms with Gasteiger partial charge in [-0.1, -0.05) is 13.8 Å². The number of likely N-dealkylation sites (N-methyl/N-ethyl adjacent to an activating group) is 1. The molecule has 6 heteroatoms. The van der Waals surface area contributed by atoms with E-state index in [4.69, 9.17) is 9.47 Å². The molecule has 0 radical (unpaired) electrons. The van der Waals surface area contributed by atoms with E-state index in [-0.39, 0.29) is 53.1 Å². The van der Waals surface area contributed by atoms with Crippen LogP contribution in [0.25, 0.3) is 0 Å². The van der Waals surface area contributed by atoms with Crippen molar-refractivity contribution in [3.05, 3.63) is 0 Å². The van der Waals surface area contributed by atoms with Crippen LogP contribution in [0.4, 0.5) is 0 Å². The number of methoxy groups -OCH3 is 1. The first kappa shape index (κ1) is 17.4. The SMILES string of the molecule is CCN1[C@H]2O[C@@H]3CC[C@@]2(C)[C@@H]2C[C@]4(O)[C@H]1[C@]32[C@H]1C[C@@H]2[C@H](O)[C@H]1[C@@]4(O)C[C@H]2OC. The molecule has 5 aliphatic carbocycles. The van der Waals surface area contributed by atoms with Gasteiger partial charge in [0.25, 0.3) is 0 Å². The van der Waals surface area contributed by atoms with Crippen molar-refractivity contribution in [1.82, 2.24) is 4.90 Å². The summed E-state index contributed by atoms with van der Waals surface area (Å²) in [6.45, 7) is 5.34. The number of aliphatic hydroxyl groups is 3. The van der Waals surface area contributed by atoms with Gasteiger partial charge in [0.15, 0.2) is 0 Å². The van der Waals surface area contributed by atoms with Crippen molar-refractivity contribution >= 4 is 0 Å². The lowest BCUT2D eigenvalue weighted by Gasteiger charge is -2.76. The monoisotopic (exact) mass is 391 g/mol. The number of piperidine rings is 1. The molecule has 156 valence electrons. The average molecular weight is 392 g/mol. The standard InChI is InChI=1S/C22H33NO5/c1-4-23-17-21(26)9-13-19(2)6-5-14(28-18(19)23)22(13,17)11-7-10-12(27-3)8-20(21,25)15(11)16(10)24/h10-18,24-26H,4-9H2,1-3H3/t10-,11-,12+,13-,14+,15-,16-,17-,18-,19-,20-,21-,22-/m0/s1. The van der Waals surface area contributed by atoms with Gasteiger partial charge in [-0.25, -0.2) is 0 Å². The molecule has 4 aliphatic heterocycles. The van der Waals surface area contributed by atoms with E-state index in [1.54, 1.807) is 7.11 Å². The van der Waals surface area contributed by atoms with E-state index in [1.165, 1.54) is 0 Å². The Hall–Kier alpha value is -0.240. The Morgan fingerprint density at radius 3 is 2.71 bits per heavy atom. The zero-order chi connectivity index (χ0) is 19.4. The van der Waals surface area contributed by atoms with Crippen molar-refractivity contribution < 1.29 is 24.8 Å². The lowest BCUT2D eigenvalue weighted by atomic mass is 9.41. The van der Waals surface area contributed by atoms with Crippen LogP contribution in [0.3, 0.4) is 0 Å². The molecule has 6 nitrogen and oxygen atoms in total. The number of hydrogen-bond donors (Lipinski definition) is 3. The van der Waals surface area contributed by atoms with Crippen LogP contribution < -0.4 is 0 Å². The van der Waals surface area contributed by atoms with Gasteiger partial charge in [-0.3, -0.25) is 4.90 Å². The van der Waals surface area contributed by atoms with Gasteiger partial charge in [0.2, 0.25) is 0 Å². The van der Waals surface area contributed by atoms with Crippen molar-refractivity contribution in [2.24, 2.45) is 34.5 Å². The minimum absolute atomic E-state index is 0.0183. The summed E-state index contributed by atoms with van der Waals surface area (Å²) >= 11 is 0. The summed E-state index contributed by atoms with van der Waals surface area (Å²) < 4.78 is 12.5. The molecular weight excluding hydrogens is 358 g/mol. The summed E-state index contributed by atoms with van der Waals surface area (Å²) in [6.07, 6.45) is 3.54. The van der Waals surface area contributed by atoms with Gasteiger partial charge in [-0.2, -0.15) is 0 Å². The number of fused-ring (bicyclic) bond motifs is 3. The second kappa shape index (κ2) is 4.66. The fourth-order valence-electron chi connectivity index (χ4n) is 10.6. The molecule has 9 fully saturated rings. The predicted octanol–water partition coefficient (Wildman–Crippen LogP) is 0.730. The summed E-state index contributed by atoms with van der Waals surface area (Å²) in [5.41, 5.74) is -2.63. The highest BCUT2D eigenvalue weighted by atomic mass is 16.5. The molecule has 0 unspecified atom stereocenters. The lowest BCUT2D eigenvalue weighted by Crippen LogP contribution is -2.86. The van der Waals surface area contributed by atoms with Gasteiger partial charge in [-0.15, -0.1) is 0 Å². The highest BCUT2D eigenvalue weighted by Crippen LogP contribution is 2.83. The molecule has 5 saturated carbocycles. The summed E-state index contributed by atoms with van der Waals surface area (Å²) in [7, 11) is 1.68. The van der Waals surface area contributed by atoms with E-state index in [0.717, 1.165) is 25.8 Å². The molecular formula is C22H33NO5. The largest absolute Gasteiger partial charge is 0.392 e. The van der Waals surface area contributed by atoms with Crippen molar-refractivity contribution in [3.63, 3.8) is 0 Å². The molecule has 0 aromatic rings. The number of rotatable bonds is 2. The summed E-state index contributed by atoms with van der Waals surface area (Å²) in [6, 6.07) is -0.0695. The molecule has 3 N–H and O–H groups in total. The van der Waals surface area contributed by atoms with Crippen LogP contribution in [0.1, 0.15) is 46.0 Å². The quantitative estimate of drug-likeness (QED) is 0.644. The highest BCUT2D eigenvalue weighted by molar-refractivity contribution is 5.40. The molecule has 0 amide bonds. The maximum atomic E-state index is 12.4. The zero-order valence-corrected chi connectivity index (χ0v) is 17.0. The number of ether oxygens (including phenoxy) is 2. The molecule has 1 spiro atoms. The van der Waals surface area contributed by atoms with Crippen LogP contribution in [0.5, 0.6) is 0 Å². The first-order valence-electron chi connectivity index (χ1n) is 11.4. The van der Waals surface area contributed by atoms with Crippen LogP contribution in [-0.4, -0.2) is 75.7 Å². The van der Waals surface area contributed by atoms with Crippen molar-refractivity contribution in [2.45, 2.75) is 87.7 Å². The molecule has 0 aromatic heterocycles. The van der Waals surface area contributed by atoms with Crippen molar-refractivity contribution in [2.75, 3.05) is 13.7 Å². The summed E-state index contributed by atoms with van der Waals surface area (Å²) in [5, 5.41) is 35.9. The molecule has 9 rings (SSSR count). The van der Waals surface area contributed by atoms with E-state index in [2.05, 4.69) is 18.7 Å². The molecule has 9 aliphatic rings. The molecule has 4 heterocycles. The van der Waals surface area contributed by atoms with Crippen LogP contribution >= 0.6 is 0 Å². The van der Waals surface area contributed by atoms with E-state index < -0.39 is 17.3 Å². The first-order chi connectivity index (χ1) is 13.3. The number of hydrogen-bond acceptors (Lipinski definition) is 6. The maximum Gasteiger partial charge on any atom is 0.117 e. The van der Waals surface area contributed by atoms with Gasteiger partial charge in [-0.05, 0) is 44.1 Å². The van der Waals surface area contributed by atoms with Crippen LogP contribution in [-0.2, 0) is 9.47 Å². The fourth-order valence-corrected chi connectivity index (χ4v) is 10.6. The second-order valence-electron chi connectivity index (χ2n) is 11.4. The second-order valence-corrected chi connectivity index (χ2v) is 11.4.